The zero-order chi connectivity index (χ0) is 11.5. The van der Waals surface area contributed by atoms with Gasteiger partial charge in [0, 0.05) is 0 Å². The Morgan fingerprint density at radius 3 is 2.94 bits per heavy atom. The van der Waals surface area contributed by atoms with Gasteiger partial charge in [-0.25, -0.2) is 0 Å². The van der Waals surface area contributed by atoms with Gasteiger partial charge < -0.3 is 9.84 Å². The van der Waals surface area contributed by atoms with Crippen LogP contribution in [0.5, 0.6) is 0 Å². The van der Waals surface area contributed by atoms with E-state index in [2.05, 4.69) is 15.5 Å². The highest BCUT2D eigenvalue weighted by Crippen LogP contribution is 2.37. The van der Waals surface area contributed by atoms with Crippen molar-refractivity contribution in [2.45, 2.75) is 13.5 Å². The third-order valence-corrected chi connectivity index (χ3v) is 3.38. The predicted octanol–water partition coefficient (Wildman–Crippen LogP) is 3.21. The second-order valence-corrected chi connectivity index (χ2v) is 5.32. The molecular formula is C9H9Cl2N3OS. The maximum Gasteiger partial charge on any atom is 0.260 e. The first kappa shape index (κ1) is 11.9. The number of rotatable bonds is 4. The van der Waals surface area contributed by atoms with Crippen LogP contribution in [0.15, 0.2) is 10.6 Å². The molecule has 0 saturated carbocycles. The molecule has 0 fully saturated rings. The molecule has 0 atom stereocenters. The second kappa shape index (κ2) is 5.14. The summed E-state index contributed by atoms with van der Waals surface area (Å²) in [5.74, 6) is 1.01. The van der Waals surface area contributed by atoms with Crippen molar-refractivity contribution in [2.75, 3.05) is 6.54 Å². The molecule has 2 aromatic rings. The summed E-state index contributed by atoms with van der Waals surface area (Å²) in [6.07, 6.45) is 0. The number of halogens is 2. The van der Waals surface area contributed by atoms with E-state index in [1.807, 2.05) is 6.92 Å². The third-order valence-electron chi connectivity index (χ3n) is 1.89. The van der Waals surface area contributed by atoms with Crippen LogP contribution in [0.1, 0.15) is 12.7 Å². The zero-order valence-corrected chi connectivity index (χ0v) is 10.8. The van der Waals surface area contributed by atoms with Gasteiger partial charge in [0.1, 0.15) is 4.34 Å². The molecule has 0 aliphatic heterocycles. The first-order valence-electron chi connectivity index (χ1n) is 4.69. The van der Waals surface area contributed by atoms with Crippen molar-refractivity contribution < 1.29 is 4.52 Å². The number of hydrogen-bond donors (Lipinski definition) is 1. The molecule has 0 spiro atoms. The van der Waals surface area contributed by atoms with E-state index in [1.54, 1.807) is 6.07 Å². The number of thiophene rings is 1. The first-order chi connectivity index (χ1) is 7.70. The van der Waals surface area contributed by atoms with Gasteiger partial charge in [-0.05, 0) is 12.6 Å². The fourth-order valence-corrected chi connectivity index (χ4v) is 2.61. The van der Waals surface area contributed by atoms with Gasteiger partial charge in [0.05, 0.1) is 16.4 Å². The summed E-state index contributed by atoms with van der Waals surface area (Å²) in [6.45, 7) is 3.45. The molecule has 16 heavy (non-hydrogen) atoms. The normalized spacial score (nSPS) is 10.9. The summed E-state index contributed by atoms with van der Waals surface area (Å²) in [5.41, 5.74) is 0.687. The highest BCUT2D eigenvalue weighted by Gasteiger charge is 2.14. The minimum absolute atomic E-state index is 0.404. The maximum absolute atomic E-state index is 5.98. The Labute approximate surface area is 107 Å². The van der Waals surface area contributed by atoms with E-state index >= 15 is 0 Å². The Morgan fingerprint density at radius 1 is 1.50 bits per heavy atom. The minimum Gasteiger partial charge on any atom is -0.334 e. The van der Waals surface area contributed by atoms with Crippen LogP contribution in [-0.2, 0) is 6.54 Å². The van der Waals surface area contributed by atoms with Crippen LogP contribution in [0.25, 0.3) is 11.5 Å². The van der Waals surface area contributed by atoms with Gasteiger partial charge in [-0.2, -0.15) is 4.98 Å². The summed E-state index contributed by atoms with van der Waals surface area (Å²) in [6, 6.07) is 1.72. The Kier molecular flexibility index (Phi) is 3.81. The van der Waals surface area contributed by atoms with Crippen LogP contribution in [0.2, 0.25) is 8.67 Å². The van der Waals surface area contributed by atoms with Crippen molar-refractivity contribution in [2.24, 2.45) is 0 Å². The van der Waals surface area contributed by atoms with Gasteiger partial charge in [0.15, 0.2) is 5.82 Å². The quantitative estimate of drug-likeness (QED) is 0.933. The average molecular weight is 278 g/mol. The standard InChI is InChI=1S/C9H9Cl2N3OS/c1-2-12-4-7-13-9(15-14-7)5-3-6(10)16-8(5)11/h3,12H,2,4H2,1H3. The summed E-state index contributed by atoms with van der Waals surface area (Å²) in [4.78, 5) is 4.22. The zero-order valence-electron chi connectivity index (χ0n) is 8.46. The number of hydrogen-bond acceptors (Lipinski definition) is 5. The van der Waals surface area contributed by atoms with E-state index in [4.69, 9.17) is 27.7 Å². The SMILES string of the molecule is CCNCc1noc(-c2cc(Cl)sc2Cl)n1. The van der Waals surface area contributed by atoms with Crippen LogP contribution in [-0.4, -0.2) is 16.7 Å². The molecule has 0 aliphatic carbocycles. The predicted molar refractivity (Wildman–Crippen MR) is 65.0 cm³/mol. The summed E-state index contributed by atoms with van der Waals surface area (Å²) in [5, 5.41) is 6.94. The highest BCUT2D eigenvalue weighted by atomic mass is 35.5. The van der Waals surface area contributed by atoms with Crippen LogP contribution in [0.4, 0.5) is 0 Å². The fraction of sp³-hybridized carbons (Fsp3) is 0.333. The monoisotopic (exact) mass is 277 g/mol. The van der Waals surface area contributed by atoms with Gasteiger partial charge in [0.25, 0.3) is 5.89 Å². The maximum atomic E-state index is 5.98. The smallest absolute Gasteiger partial charge is 0.260 e. The van der Waals surface area contributed by atoms with Crippen LogP contribution >= 0.6 is 34.5 Å². The van der Waals surface area contributed by atoms with E-state index in [9.17, 15) is 0 Å². The van der Waals surface area contributed by atoms with Crippen molar-refractivity contribution >= 4 is 34.5 Å². The fourth-order valence-electron chi connectivity index (χ4n) is 1.16. The molecule has 2 aromatic heterocycles. The van der Waals surface area contributed by atoms with Crippen molar-refractivity contribution in [1.82, 2.24) is 15.5 Å². The summed E-state index contributed by atoms with van der Waals surface area (Å²) in [7, 11) is 0. The molecule has 2 heterocycles. The molecule has 0 bridgehead atoms. The van der Waals surface area contributed by atoms with E-state index < -0.39 is 0 Å². The Morgan fingerprint density at radius 2 is 2.31 bits per heavy atom. The van der Waals surface area contributed by atoms with E-state index in [0.29, 0.717) is 32.5 Å². The lowest BCUT2D eigenvalue weighted by Gasteiger charge is -1.92. The summed E-state index contributed by atoms with van der Waals surface area (Å²) < 4.78 is 6.27. The largest absolute Gasteiger partial charge is 0.334 e. The number of aromatic nitrogens is 2. The van der Waals surface area contributed by atoms with Crippen molar-refractivity contribution in [3.63, 3.8) is 0 Å². The minimum atomic E-state index is 0.404. The Bertz CT molecular complexity index is 483. The van der Waals surface area contributed by atoms with Crippen molar-refractivity contribution in [3.05, 3.63) is 20.6 Å². The molecule has 86 valence electrons. The molecule has 2 rings (SSSR count). The van der Waals surface area contributed by atoms with E-state index in [1.165, 1.54) is 11.3 Å². The van der Waals surface area contributed by atoms with Gasteiger partial charge in [-0.15, -0.1) is 11.3 Å². The van der Waals surface area contributed by atoms with E-state index in [-0.39, 0.29) is 0 Å². The summed E-state index contributed by atoms with van der Waals surface area (Å²) >= 11 is 13.1. The lowest BCUT2D eigenvalue weighted by Crippen LogP contribution is -2.12. The molecule has 0 amide bonds. The number of nitrogens with one attached hydrogen (secondary N) is 1. The van der Waals surface area contributed by atoms with E-state index in [0.717, 1.165) is 6.54 Å². The van der Waals surface area contributed by atoms with Crippen LogP contribution in [0.3, 0.4) is 0 Å². The molecule has 4 nitrogen and oxygen atoms in total. The highest BCUT2D eigenvalue weighted by molar-refractivity contribution is 7.20. The first-order valence-corrected chi connectivity index (χ1v) is 6.26. The van der Waals surface area contributed by atoms with Crippen molar-refractivity contribution in [1.29, 1.82) is 0 Å². The molecule has 0 unspecified atom stereocenters. The van der Waals surface area contributed by atoms with Crippen molar-refractivity contribution in [3.8, 4) is 11.5 Å². The molecule has 1 N–H and O–H groups in total. The van der Waals surface area contributed by atoms with Crippen LogP contribution in [0, 0.1) is 0 Å². The topological polar surface area (TPSA) is 51.0 Å². The molecule has 0 aliphatic rings. The van der Waals surface area contributed by atoms with Gasteiger partial charge in [-0.3, -0.25) is 0 Å². The number of nitrogens with zero attached hydrogens (tertiary/aromatic N) is 2. The second-order valence-electron chi connectivity index (χ2n) is 3.03. The Balaban J connectivity index is 2.21. The molecule has 7 heteroatoms. The lowest BCUT2D eigenvalue weighted by atomic mass is 10.3. The molecule has 0 aromatic carbocycles. The average Bonchev–Trinajstić information content (AvgIpc) is 2.82. The molecule has 0 saturated heterocycles. The van der Waals surface area contributed by atoms with Crippen LogP contribution < -0.4 is 5.32 Å². The molecule has 0 radical (unpaired) electrons. The van der Waals surface area contributed by atoms with Gasteiger partial charge >= 0.3 is 0 Å². The van der Waals surface area contributed by atoms with Gasteiger partial charge in [0.2, 0.25) is 0 Å². The lowest BCUT2D eigenvalue weighted by molar-refractivity contribution is 0.420. The third kappa shape index (κ3) is 2.55. The molecular weight excluding hydrogens is 269 g/mol. The van der Waals surface area contributed by atoms with Gasteiger partial charge in [-0.1, -0.05) is 35.3 Å². The Hall–Kier alpha value is -0.620.